The first kappa shape index (κ1) is 25.7. The predicted octanol–water partition coefficient (Wildman–Crippen LogP) is 4.08. The van der Waals surface area contributed by atoms with Crippen LogP contribution in [-0.4, -0.2) is 62.7 Å². The van der Waals surface area contributed by atoms with Crippen LogP contribution in [0.15, 0.2) is 60.9 Å². The highest BCUT2D eigenvalue weighted by Gasteiger charge is 2.21. The number of halogens is 2. The summed E-state index contributed by atoms with van der Waals surface area (Å²) in [4.78, 5) is 24.0. The van der Waals surface area contributed by atoms with Crippen molar-refractivity contribution in [2.45, 2.75) is 31.8 Å². The fraction of sp³-hybridized carbons (Fsp3) is 0.321. The van der Waals surface area contributed by atoms with Crippen LogP contribution in [0.4, 0.5) is 20.4 Å². The number of piperidine rings is 1. The van der Waals surface area contributed by atoms with E-state index in [1.165, 1.54) is 12.1 Å². The molecule has 0 atom stereocenters. The Bertz CT molecular complexity index is 1380. The first-order valence-electron chi connectivity index (χ1n) is 12.7. The SMILES string of the molecule is O=C(NC1CCN(CCCO)CC1)c1ccc(Nc2ncc3ccn(Cc4cc(F)cc(F)c4)c3n2)cc1. The molecule has 0 aliphatic carbocycles. The largest absolute Gasteiger partial charge is 0.396 e. The number of aliphatic hydroxyl groups excluding tert-OH is 1. The number of hydrogen-bond acceptors (Lipinski definition) is 6. The van der Waals surface area contributed by atoms with Gasteiger partial charge in [0, 0.05) is 73.9 Å². The Kier molecular flexibility index (Phi) is 7.90. The minimum atomic E-state index is -0.620. The summed E-state index contributed by atoms with van der Waals surface area (Å²) in [6.07, 6.45) is 6.06. The Morgan fingerprint density at radius 3 is 2.50 bits per heavy atom. The van der Waals surface area contributed by atoms with E-state index in [2.05, 4.69) is 25.5 Å². The number of nitrogens with one attached hydrogen (secondary N) is 2. The number of aromatic nitrogens is 3. The third-order valence-electron chi connectivity index (χ3n) is 6.74. The van der Waals surface area contributed by atoms with Crippen molar-refractivity contribution in [3.8, 4) is 0 Å². The van der Waals surface area contributed by atoms with Crippen LogP contribution in [0.1, 0.15) is 35.2 Å². The van der Waals surface area contributed by atoms with E-state index in [4.69, 9.17) is 5.11 Å². The Morgan fingerprint density at radius 1 is 1.05 bits per heavy atom. The van der Waals surface area contributed by atoms with Crippen LogP contribution >= 0.6 is 0 Å². The van der Waals surface area contributed by atoms with Crippen LogP contribution in [0.5, 0.6) is 0 Å². The molecular weight excluding hydrogens is 490 g/mol. The molecule has 0 unspecified atom stereocenters. The van der Waals surface area contributed by atoms with Gasteiger partial charge in [0.25, 0.3) is 5.91 Å². The summed E-state index contributed by atoms with van der Waals surface area (Å²) in [7, 11) is 0. The molecule has 4 aromatic rings. The molecule has 1 aliphatic heterocycles. The summed E-state index contributed by atoms with van der Waals surface area (Å²) in [5.41, 5.74) is 2.43. The maximum absolute atomic E-state index is 13.6. The molecule has 0 saturated carbocycles. The van der Waals surface area contributed by atoms with Crippen molar-refractivity contribution in [2.24, 2.45) is 0 Å². The van der Waals surface area contributed by atoms with Gasteiger partial charge in [0.15, 0.2) is 0 Å². The van der Waals surface area contributed by atoms with E-state index in [9.17, 15) is 13.6 Å². The van der Waals surface area contributed by atoms with Gasteiger partial charge < -0.3 is 25.2 Å². The van der Waals surface area contributed by atoms with Crippen LogP contribution in [0.25, 0.3) is 11.0 Å². The maximum atomic E-state index is 13.6. The van der Waals surface area contributed by atoms with Crippen molar-refractivity contribution in [3.05, 3.63) is 83.7 Å². The lowest BCUT2D eigenvalue weighted by atomic mass is 10.0. The molecule has 3 heterocycles. The van der Waals surface area contributed by atoms with Crippen molar-refractivity contribution in [3.63, 3.8) is 0 Å². The molecule has 2 aromatic heterocycles. The van der Waals surface area contributed by atoms with Crippen molar-refractivity contribution < 1.29 is 18.7 Å². The topological polar surface area (TPSA) is 95.3 Å². The van der Waals surface area contributed by atoms with Gasteiger partial charge in [-0.15, -0.1) is 0 Å². The van der Waals surface area contributed by atoms with Crippen molar-refractivity contribution in [1.29, 1.82) is 0 Å². The third kappa shape index (κ3) is 6.32. The summed E-state index contributed by atoms with van der Waals surface area (Å²) < 4.78 is 29.0. The molecule has 3 N–H and O–H groups in total. The number of anilines is 2. The zero-order valence-electron chi connectivity index (χ0n) is 20.9. The Balaban J connectivity index is 1.20. The van der Waals surface area contributed by atoms with Crippen molar-refractivity contribution in [1.82, 2.24) is 24.8 Å². The van der Waals surface area contributed by atoms with Crippen LogP contribution in [0.3, 0.4) is 0 Å². The first-order valence-corrected chi connectivity index (χ1v) is 12.7. The van der Waals surface area contributed by atoms with Crippen LogP contribution in [0, 0.1) is 11.6 Å². The van der Waals surface area contributed by atoms with E-state index < -0.39 is 11.6 Å². The fourth-order valence-corrected chi connectivity index (χ4v) is 4.76. The summed E-state index contributed by atoms with van der Waals surface area (Å²) in [5.74, 6) is -0.974. The lowest BCUT2D eigenvalue weighted by molar-refractivity contribution is 0.0909. The lowest BCUT2D eigenvalue weighted by Gasteiger charge is -2.32. The molecule has 5 rings (SSSR count). The molecule has 8 nitrogen and oxygen atoms in total. The molecule has 0 radical (unpaired) electrons. The van der Waals surface area contributed by atoms with E-state index in [0.29, 0.717) is 22.7 Å². The van der Waals surface area contributed by atoms with Crippen LogP contribution in [-0.2, 0) is 6.54 Å². The number of amides is 1. The molecule has 10 heteroatoms. The van der Waals surface area contributed by atoms with Crippen LogP contribution < -0.4 is 10.6 Å². The minimum absolute atomic E-state index is 0.102. The second-order valence-corrected chi connectivity index (χ2v) is 9.56. The number of rotatable bonds is 9. The standard InChI is InChI=1S/C28H30F2N6O2/c29-22-14-19(15-23(30)16-22)18-36-12-6-21-17-31-28(34-26(21)36)33-24-4-2-20(3-5-24)27(38)32-25-7-10-35(11-8-25)9-1-13-37/h2-6,12,14-17,25,37H,1,7-11,13,18H2,(H,32,38)(H,31,33,34). The number of carbonyl (C=O) groups is 1. The highest BCUT2D eigenvalue weighted by atomic mass is 19.1. The normalized spacial score (nSPS) is 14.6. The van der Waals surface area contributed by atoms with Gasteiger partial charge in [-0.05, 0) is 67.3 Å². The second-order valence-electron chi connectivity index (χ2n) is 9.56. The summed E-state index contributed by atoms with van der Waals surface area (Å²) in [5, 5.41) is 16.1. The number of benzene rings is 2. The highest BCUT2D eigenvalue weighted by Crippen LogP contribution is 2.20. The molecule has 2 aromatic carbocycles. The molecular formula is C28H30F2N6O2. The molecule has 1 amide bonds. The van der Waals surface area contributed by atoms with Gasteiger partial charge >= 0.3 is 0 Å². The van der Waals surface area contributed by atoms with E-state index in [-0.39, 0.29) is 25.1 Å². The Labute approximate surface area is 219 Å². The maximum Gasteiger partial charge on any atom is 0.251 e. The van der Waals surface area contributed by atoms with Gasteiger partial charge in [0.1, 0.15) is 17.3 Å². The summed E-state index contributed by atoms with van der Waals surface area (Å²) in [6.45, 7) is 3.19. The molecule has 0 spiro atoms. The third-order valence-corrected chi connectivity index (χ3v) is 6.74. The van der Waals surface area contributed by atoms with E-state index in [1.54, 1.807) is 41.2 Å². The van der Waals surface area contributed by atoms with Gasteiger partial charge in [0.05, 0.1) is 0 Å². The molecule has 1 fully saturated rings. The Morgan fingerprint density at radius 2 is 1.79 bits per heavy atom. The number of aliphatic hydroxyl groups is 1. The zero-order valence-corrected chi connectivity index (χ0v) is 20.9. The number of nitrogens with zero attached hydrogens (tertiary/aromatic N) is 4. The fourth-order valence-electron chi connectivity index (χ4n) is 4.76. The van der Waals surface area contributed by atoms with E-state index in [1.807, 2.05) is 6.07 Å². The molecule has 198 valence electrons. The molecule has 38 heavy (non-hydrogen) atoms. The first-order chi connectivity index (χ1) is 18.5. The van der Waals surface area contributed by atoms with E-state index >= 15 is 0 Å². The van der Waals surface area contributed by atoms with Gasteiger partial charge in [-0.25, -0.2) is 13.8 Å². The molecule has 1 aliphatic rings. The van der Waals surface area contributed by atoms with Gasteiger partial charge in [-0.3, -0.25) is 4.79 Å². The molecule has 0 bridgehead atoms. The van der Waals surface area contributed by atoms with Crippen LogP contribution in [0.2, 0.25) is 0 Å². The smallest absolute Gasteiger partial charge is 0.251 e. The number of carbonyl (C=O) groups excluding carboxylic acids is 1. The number of likely N-dealkylation sites (tertiary alicyclic amines) is 1. The van der Waals surface area contributed by atoms with E-state index in [0.717, 1.165) is 56.0 Å². The second kappa shape index (κ2) is 11.7. The van der Waals surface area contributed by atoms with Gasteiger partial charge in [-0.2, -0.15) is 4.98 Å². The van der Waals surface area contributed by atoms with Crippen molar-refractivity contribution in [2.75, 3.05) is 31.6 Å². The number of hydrogen-bond donors (Lipinski definition) is 3. The quantitative estimate of drug-likeness (QED) is 0.308. The predicted molar refractivity (Wildman–Crippen MR) is 141 cm³/mol. The monoisotopic (exact) mass is 520 g/mol. The number of fused-ring (bicyclic) bond motifs is 1. The van der Waals surface area contributed by atoms with Crippen molar-refractivity contribution >= 4 is 28.6 Å². The Hall–Kier alpha value is -3.89. The van der Waals surface area contributed by atoms with Gasteiger partial charge in [0.2, 0.25) is 5.95 Å². The molecule has 1 saturated heterocycles. The van der Waals surface area contributed by atoms with Gasteiger partial charge in [-0.1, -0.05) is 0 Å². The zero-order chi connectivity index (χ0) is 26.5. The summed E-state index contributed by atoms with van der Waals surface area (Å²) >= 11 is 0. The summed E-state index contributed by atoms with van der Waals surface area (Å²) in [6, 6.07) is 12.6. The minimum Gasteiger partial charge on any atom is -0.396 e. The average Bonchev–Trinajstić information content (AvgIpc) is 3.30. The highest BCUT2D eigenvalue weighted by molar-refractivity contribution is 5.94. The average molecular weight is 521 g/mol. The lowest BCUT2D eigenvalue weighted by Crippen LogP contribution is -2.44.